The fourth-order valence-electron chi connectivity index (χ4n) is 4.48. The number of nitrogens with zero attached hydrogens (tertiary/aromatic N) is 1. The van der Waals surface area contributed by atoms with Crippen LogP contribution in [0.1, 0.15) is 59.4 Å². The standard InChI is InChI=1S/C28H30ClNO3/c1-28(2,3)21-11-9-18(10-12-21)27(31)30-14-13-19-16-24(32-4)25(33-5)17-23(19)26(30)20-7-6-8-22(29)15-20/h6-12,15-17,26H,13-14H2,1-5H3. The minimum absolute atomic E-state index is 0.000805. The Labute approximate surface area is 201 Å². The Bertz CT molecular complexity index is 1160. The number of carbonyl (C=O) groups is 1. The molecule has 3 aromatic carbocycles. The van der Waals surface area contributed by atoms with E-state index >= 15 is 0 Å². The fourth-order valence-corrected chi connectivity index (χ4v) is 4.68. The SMILES string of the molecule is COc1cc2c(cc1OC)C(c1cccc(Cl)c1)N(C(=O)c1ccc(C(C)(C)C)cc1)CC2. The Morgan fingerprint density at radius 2 is 1.64 bits per heavy atom. The number of halogens is 1. The maximum Gasteiger partial charge on any atom is 0.254 e. The van der Waals surface area contributed by atoms with E-state index in [0.29, 0.717) is 28.6 Å². The molecule has 1 atom stereocenters. The molecule has 4 rings (SSSR count). The van der Waals surface area contributed by atoms with Crippen LogP contribution in [0.3, 0.4) is 0 Å². The number of hydrogen-bond donors (Lipinski definition) is 0. The Hall–Kier alpha value is -2.98. The van der Waals surface area contributed by atoms with Gasteiger partial charge in [-0.15, -0.1) is 0 Å². The van der Waals surface area contributed by atoms with Crippen molar-refractivity contribution in [1.29, 1.82) is 0 Å². The van der Waals surface area contributed by atoms with Crippen LogP contribution in [0.5, 0.6) is 11.5 Å². The average Bonchev–Trinajstić information content (AvgIpc) is 2.81. The number of fused-ring (bicyclic) bond motifs is 1. The number of benzene rings is 3. The topological polar surface area (TPSA) is 38.8 Å². The summed E-state index contributed by atoms with van der Waals surface area (Å²) < 4.78 is 11.1. The van der Waals surface area contributed by atoms with Crippen molar-refractivity contribution in [1.82, 2.24) is 4.90 Å². The van der Waals surface area contributed by atoms with E-state index in [1.807, 2.05) is 65.6 Å². The largest absolute Gasteiger partial charge is 0.493 e. The van der Waals surface area contributed by atoms with Crippen LogP contribution in [-0.2, 0) is 11.8 Å². The summed E-state index contributed by atoms with van der Waals surface area (Å²) in [5, 5.41) is 0.641. The molecule has 1 heterocycles. The lowest BCUT2D eigenvalue weighted by Crippen LogP contribution is -2.40. The first-order valence-electron chi connectivity index (χ1n) is 11.1. The molecule has 172 valence electrons. The molecule has 1 aliphatic heterocycles. The normalized spacial score (nSPS) is 15.7. The Morgan fingerprint density at radius 1 is 0.970 bits per heavy atom. The summed E-state index contributed by atoms with van der Waals surface area (Å²) >= 11 is 6.35. The van der Waals surface area contributed by atoms with Gasteiger partial charge in [0, 0.05) is 17.1 Å². The summed E-state index contributed by atoms with van der Waals surface area (Å²) in [4.78, 5) is 15.7. The lowest BCUT2D eigenvalue weighted by molar-refractivity contribution is 0.0694. The quantitative estimate of drug-likeness (QED) is 0.446. The Balaban J connectivity index is 1.80. The van der Waals surface area contributed by atoms with Crippen molar-refractivity contribution in [2.45, 2.75) is 38.6 Å². The van der Waals surface area contributed by atoms with Gasteiger partial charge in [0.15, 0.2) is 11.5 Å². The predicted octanol–water partition coefficient (Wildman–Crippen LogP) is 6.44. The minimum atomic E-state index is -0.276. The van der Waals surface area contributed by atoms with Gasteiger partial charge in [-0.25, -0.2) is 0 Å². The van der Waals surface area contributed by atoms with E-state index in [0.717, 1.165) is 23.1 Å². The number of hydrogen-bond acceptors (Lipinski definition) is 3. The van der Waals surface area contributed by atoms with Crippen LogP contribution in [-0.4, -0.2) is 31.6 Å². The van der Waals surface area contributed by atoms with Crippen LogP contribution < -0.4 is 9.47 Å². The molecule has 0 aliphatic carbocycles. The average molecular weight is 464 g/mol. The zero-order valence-electron chi connectivity index (χ0n) is 19.8. The van der Waals surface area contributed by atoms with Gasteiger partial charge in [0.25, 0.3) is 5.91 Å². The van der Waals surface area contributed by atoms with Crippen molar-refractivity contribution in [3.63, 3.8) is 0 Å². The first-order chi connectivity index (χ1) is 15.7. The predicted molar refractivity (Wildman–Crippen MR) is 133 cm³/mol. The van der Waals surface area contributed by atoms with Crippen molar-refractivity contribution in [3.8, 4) is 11.5 Å². The van der Waals surface area contributed by atoms with E-state index in [4.69, 9.17) is 21.1 Å². The molecule has 0 radical (unpaired) electrons. The third kappa shape index (κ3) is 4.58. The van der Waals surface area contributed by atoms with Crippen LogP contribution in [0.15, 0.2) is 60.7 Å². The molecule has 0 spiro atoms. The molecule has 3 aromatic rings. The van der Waals surface area contributed by atoms with Crippen LogP contribution in [0.2, 0.25) is 5.02 Å². The fraction of sp³-hybridized carbons (Fsp3) is 0.321. The van der Waals surface area contributed by atoms with Gasteiger partial charge in [0.1, 0.15) is 0 Å². The maximum absolute atomic E-state index is 13.8. The van der Waals surface area contributed by atoms with E-state index in [1.54, 1.807) is 14.2 Å². The summed E-state index contributed by atoms with van der Waals surface area (Å²) in [6.45, 7) is 7.10. The Kier molecular flexibility index (Phi) is 6.40. The first-order valence-corrected chi connectivity index (χ1v) is 11.5. The molecule has 0 saturated carbocycles. The third-order valence-electron chi connectivity index (χ3n) is 6.30. The van der Waals surface area contributed by atoms with Gasteiger partial charge >= 0.3 is 0 Å². The highest BCUT2D eigenvalue weighted by Crippen LogP contribution is 2.42. The van der Waals surface area contributed by atoms with E-state index in [1.165, 1.54) is 5.56 Å². The van der Waals surface area contributed by atoms with Crippen molar-refractivity contribution < 1.29 is 14.3 Å². The van der Waals surface area contributed by atoms with Crippen LogP contribution in [0, 0.1) is 0 Å². The molecule has 0 saturated heterocycles. The molecular weight excluding hydrogens is 434 g/mol. The number of methoxy groups -OCH3 is 2. The number of amides is 1. The van der Waals surface area contributed by atoms with E-state index in [-0.39, 0.29) is 17.4 Å². The molecule has 1 amide bonds. The van der Waals surface area contributed by atoms with Gasteiger partial charge in [-0.1, -0.05) is 56.6 Å². The highest BCUT2D eigenvalue weighted by molar-refractivity contribution is 6.30. The number of rotatable bonds is 4. The lowest BCUT2D eigenvalue weighted by atomic mass is 9.85. The summed E-state index contributed by atoms with van der Waals surface area (Å²) in [5.41, 5.74) is 5.05. The van der Waals surface area contributed by atoms with E-state index in [9.17, 15) is 4.79 Å². The monoisotopic (exact) mass is 463 g/mol. The molecular formula is C28H30ClNO3. The number of ether oxygens (including phenoxy) is 2. The first kappa shape index (κ1) is 23.2. The molecule has 0 fully saturated rings. The molecule has 4 nitrogen and oxygen atoms in total. The zero-order chi connectivity index (χ0) is 23.8. The summed E-state index contributed by atoms with van der Waals surface area (Å²) in [7, 11) is 3.26. The van der Waals surface area contributed by atoms with E-state index in [2.05, 4.69) is 20.8 Å². The maximum atomic E-state index is 13.8. The summed E-state index contributed by atoms with van der Waals surface area (Å²) in [5.74, 6) is 1.34. The van der Waals surface area contributed by atoms with Gasteiger partial charge in [-0.2, -0.15) is 0 Å². The highest BCUT2D eigenvalue weighted by atomic mass is 35.5. The van der Waals surface area contributed by atoms with Crippen molar-refractivity contribution >= 4 is 17.5 Å². The van der Waals surface area contributed by atoms with Crippen molar-refractivity contribution in [2.75, 3.05) is 20.8 Å². The second-order valence-corrected chi connectivity index (χ2v) is 9.88. The van der Waals surface area contributed by atoms with Gasteiger partial charge in [0.05, 0.1) is 20.3 Å². The van der Waals surface area contributed by atoms with Crippen LogP contribution >= 0.6 is 11.6 Å². The molecule has 0 bridgehead atoms. The zero-order valence-corrected chi connectivity index (χ0v) is 20.6. The van der Waals surface area contributed by atoms with Gasteiger partial charge in [-0.05, 0) is 70.5 Å². The third-order valence-corrected chi connectivity index (χ3v) is 6.53. The lowest BCUT2D eigenvalue weighted by Gasteiger charge is -2.38. The smallest absolute Gasteiger partial charge is 0.254 e. The van der Waals surface area contributed by atoms with Crippen molar-refractivity contribution in [3.05, 3.63) is 93.5 Å². The van der Waals surface area contributed by atoms with Crippen LogP contribution in [0.4, 0.5) is 0 Å². The minimum Gasteiger partial charge on any atom is -0.493 e. The van der Waals surface area contributed by atoms with Gasteiger partial charge in [-0.3, -0.25) is 4.79 Å². The van der Waals surface area contributed by atoms with Gasteiger partial charge in [0.2, 0.25) is 0 Å². The molecule has 1 aliphatic rings. The molecule has 33 heavy (non-hydrogen) atoms. The van der Waals surface area contributed by atoms with Gasteiger partial charge < -0.3 is 14.4 Å². The number of carbonyl (C=O) groups excluding carboxylic acids is 1. The second kappa shape index (κ2) is 9.11. The molecule has 0 N–H and O–H groups in total. The second-order valence-electron chi connectivity index (χ2n) is 9.44. The molecule has 0 aromatic heterocycles. The summed E-state index contributed by atoms with van der Waals surface area (Å²) in [6.07, 6.45) is 0.735. The van der Waals surface area contributed by atoms with Crippen LogP contribution in [0.25, 0.3) is 0 Å². The van der Waals surface area contributed by atoms with Crippen molar-refractivity contribution in [2.24, 2.45) is 0 Å². The Morgan fingerprint density at radius 3 is 2.24 bits per heavy atom. The summed E-state index contributed by atoms with van der Waals surface area (Å²) in [6, 6.07) is 19.4. The molecule has 1 unspecified atom stereocenters. The van der Waals surface area contributed by atoms with E-state index < -0.39 is 0 Å². The highest BCUT2D eigenvalue weighted by Gasteiger charge is 2.34. The molecule has 5 heteroatoms.